The Morgan fingerprint density at radius 1 is 1.57 bits per heavy atom. The molecule has 0 amide bonds. The van der Waals surface area contributed by atoms with Gasteiger partial charge in [-0.3, -0.25) is 10.1 Å². The van der Waals surface area contributed by atoms with Crippen LogP contribution in [0.25, 0.3) is 10.1 Å². The number of non-ortho nitro benzene ring substituents is 1. The quantitative estimate of drug-likeness (QED) is 0.640. The summed E-state index contributed by atoms with van der Waals surface area (Å²) in [6.07, 6.45) is 0. The third kappa shape index (κ3) is 1.34. The minimum atomic E-state index is -0.457. The van der Waals surface area contributed by atoms with Crippen molar-refractivity contribution in [1.29, 1.82) is 0 Å². The number of nitrogens with two attached hydrogens (primary N) is 1. The van der Waals surface area contributed by atoms with E-state index in [1.807, 2.05) is 0 Å². The van der Waals surface area contributed by atoms with Gasteiger partial charge in [0.05, 0.1) is 9.62 Å². The van der Waals surface area contributed by atoms with Gasteiger partial charge in [0.25, 0.3) is 5.69 Å². The van der Waals surface area contributed by atoms with Crippen LogP contribution in [0.2, 0.25) is 0 Å². The SMILES string of the molecule is Nc1nsc2c(Br)cc([N+](=O)[O-])cc12. The number of nitrogen functional groups attached to an aromatic ring is 1. The summed E-state index contributed by atoms with van der Waals surface area (Å²) in [6, 6.07) is 2.87. The molecule has 72 valence electrons. The molecule has 2 N–H and O–H groups in total. The molecule has 2 aromatic rings. The van der Waals surface area contributed by atoms with Crippen molar-refractivity contribution in [3.63, 3.8) is 0 Å². The molecule has 2 rings (SSSR count). The van der Waals surface area contributed by atoms with Gasteiger partial charge in [-0.15, -0.1) is 0 Å². The van der Waals surface area contributed by atoms with Crippen molar-refractivity contribution in [2.45, 2.75) is 0 Å². The highest BCUT2D eigenvalue weighted by Crippen LogP contribution is 2.34. The van der Waals surface area contributed by atoms with Crippen LogP contribution in [0.15, 0.2) is 16.6 Å². The van der Waals surface area contributed by atoms with Gasteiger partial charge in [-0.2, -0.15) is 4.37 Å². The van der Waals surface area contributed by atoms with Crippen LogP contribution in [0.5, 0.6) is 0 Å². The molecule has 1 heterocycles. The van der Waals surface area contributed by atoms with E-state index in [1.54, 1.807) is 0 Å². The zero-order valence-electron chi connectivity index (χ0n) is 6.73. The lowest BCUT2D eigenvalue weighted by Gasteiger charge is -1.94. The fraction of sp³-hybridized carbons (Fsp3) is 0. The average Bonchev–Trinajstić information content (AvgIpc) is 2.48. The van der Waals surface area contributed by atoms with Crippen LogP contribution in [0.4, 0.5) is 11.5 Å². The second kappa shape index (κ2) is 3.18. The Balaban J connectivity index is 2.82. The van der Waals surface area contributed by atoms with Crippen molar-refractivity contribution >= 4 is 49.1 Å². The molecule has 0 spiro atoms. The van der Waals surface area contributed by atoms with E-state index in [2.05, 4.69) is 20.3 Å². The van der Waals surface area contributed by atoms with Crippen LogP contribution >= 0.6 is 27.5 Å². The molecule has 7 heteroatoms. The molecule has 0 saturated carbocycles. The summed E-state index contributed by atoms with van der Waals surface area (Å²) in [7, 11) is 0. The predicted molar refractivity (Wildman–Crippen MR) is 58.4 cm³/mol. The summed E-state index contributed by atoms with van der Waals surface area (Å²) in [5.41, 5.74) is 5.58. The van der Waals surface area contributed by atoms with Crippen LogP contribution < -0.4 is 5.73 Å². The first-order valence-corrected chi connectivity index (χ1v) is 5.15. The van der Waals surface area contributed by atoms with E-state index in [9.17, 15) is 10.1 Å². The number of halogens is 1. The van der Waals surface area contributed by atoms with E-state index < -0.39 is 4.92 Å². The van der Waals surface area contributed by atoms with E-state index in [0.717, 1.165) is 4.70 Å². The molecule has 0 saturated heterocycles. The van der Waals surface area contributed by atoms with Crippen molar-refractivity contribution in [3.8, 4) is 0 Å². The molecule has 0 aliphatic heterocycles. The first kappa shape index (κ1) is 9.35. The lowest BCUT2D eigenvalue weighted by Crippen LogP contribution is -1.89. The molecule has 0 aliphatic carbocycles. The Morgan fingerprint density at radius 2 is 2.29 bits per heavy atom. The normalized spacial score (nSPS) is 10.6. The van der Waals surface area contributed by atoms with Gasteiger partial charge in [-0.05, 0) is 27.5 Å². The summed E-state index contributed by atoms with van der Waals surface area (Å²) in [4.78, 5) is 10.1. The highest BCUT2D eigenvalue weighted by atomic mass is 79.9. The maximum atomic E-state index is 10.6. The topological polar surface area (TPSA) is 82.0 Å². The summed E-state index contributed by atoms with van der Waals surface area (Å²) in [5.74, 6) is 0.328. The Labute approximate surface area is 91.0 Å². The van der Waals surface area contributed by atoms with Crippen LogP contribution in [0.3, 0.4) is 0 Å². The average molecular weight is 274 g/mol. The van der Waals surface area contributed by atoms with Gasteiger partial charge in [0.2, 0.25) is 0 Å². The molecule has 0 unspecified atom stereocenters. The minimum absolute atomic E-state index is 0.0104. The third-order valence-electron chi connectivity index (χ3n) is 1.75. The number of anilines is 1. The standard InChI is InChI=1S/C7H4BrN3O2S/c8-5-2-3(11(12)13)1-4-6(5)14-10-7(4)9/h1-2H,(H2,9,10). The van der Waals surface area contributed by atoms with Crippen LogP contribution in [0.1, 0.15) is 0 Å². The number of nitro groups is 1. The number of fused-ring (bicyclic) bond motifs is 1. The van der Waals surface area contributed by atoms with Crippen molar-refractivity contribution in [2.24, 2.45) is 0 Å². The highest BCUT2D eigenvalue weighted by Gasteiger charge is 2.13. The second-order valence-corrected chi connectivity index (χ2v) is 4.26. The zero-order chi connectivity index (χ0) is 10.3. The van der Waals surface area contributed by atoms with Gasteiger partial charge in [-0.1, -0.05) is 0 Å². The number of hydrogen-bond donors (Lipinski definition) is 1. The molecule has 5 nitrogen and oxygen atoms in total. The molecule has 0 radical (unpaired) electrons. The maximum Gasteiger partial charge on any atom is 0.271 e. The number of hydrogen-bond acceptors (Lipinski definition) is 5. The van der Waals surface area contributed by atoms with Gasteiger partial charge in [0, 0.05) is 22.0 Å². The molecule has 1 aromatic heterocycles. The number of aromatic nitrogens is 1. The predicted octanol–water partition coefficient (Wildman–Crippen LogP) is 2.55. The van der Waals surface area contributed by atoms with E-state index >= 15 is 0 Å². The molecular weight excluding hydrogens is 270 g/mol. The fourth-order valence-electron chi connectivity index (χ4n) is 1.11. The lowest BCUT2D eigenvalue weighted by molar-refractivity contribution is -0.384. The number of nitrogens with zero attached hydrogens (tertiary/aromatic N) is 2. The molecule has 0 aliphatic rings. The first-order chi connectivity index (χ1) is 6.59. The monoisotopic (exact) mass is 273 g/mol. The highest BCUT2D eigenvalue weighted by molar-refractivity contribution is 9.10. The Kier molecular flexibility index (Phi) is 2.12. The molecule has 1 aromatic carbocycles. The first-order valence-electron chi connectivity index (χ1n) is 3.58. The molecule has 0 bridgehead atoms. The number of nitro benzene ring substituents is 1. The summed E-state index contributed by atoms with van der Waals surface area (Å²) < 4.78 is 5.40. The van der Waals surface area contributed by atoms with Crippen molar-refractivity contribution in [3.05, 3.63) is 26.7 Å². The van der Waals surface area contributed by atoms with Gasteiger partial charge in [0.1, 0.15) is 5.82 Å². The van der Waals surface area contributed by atoms with Gasteiger partial charge < -0.3 is 5.73 Å². The van der Waals surface area contributed by atoms with E-state index in [0.29, 0.717) is 15.7 Å². The summed E-state index contributed by atoms with van der Waals surface area (Å²) >= 11 is 4.46. The minimum Gasteiger partial charge on any atom is -0.382 e. The number of benzene rings is 1. The van der Waals surface area contributed by atoms with Crippen LogP contribution in [0, 0.1) is 10.1 Å². The van der Waals surface area contributed by atoms with Crippen LogP contribution in [-0.2, 0) is 0 Å². The van der Waals surface area contributed by atoms with E-state index in [-0.39, 0.29) is 5.69 Å². The zero-order valence-corrected chi connectivity index (χ0v) is 9.13. The second-order valence-electron chi connectivity index (χ2n) is 2.63. The Morgan fingerprint density at radius 3 is 2.93 bits per heavy atom. The van der Waals surface area contributed by atoms with E-state index in [1.165, 1.54) is 23.7 Å². The van der Waals surface area contributed by atoms with E-state index in [4.69, 9.17) is 5.73 Å². The number of rotatable bonds is 1. The molecular formula is C7H4BrN3O2S. The lowest BCUT2D eigenvalue weighted by atomic mass is 10.2. The summed E-state index contributed by atoms with van der Waals surface area (Å²) in [5, 5.41) is 11.2. The maximum absolute atomic E-state index is 10.6. The summed E-state index contributed by atoms with van der Waals surface area (Å²) in [6.45, 7) is 0. The Hall–Kier alpha value is -1.21. The largest absolute Gasteiger partial charge is 0.382 e. The van der Waals surface area contributed by atoms with Crippen molar-refractivity contribution in [2.75, 3.05) is 5.73 Å². The third-order valence-corrected chi connectivity index (χ3v) is 3.55. The van der Waals surface area contributed by atoms with Crippen molar-refractivity contribution < 1.29 is 4.92 Å². The van der Waals surface area contributed by atoms with Gasteiger partial charge in [-0.25, -0.2) is 0 Å². The Bertz CT molecular complexity index is 525. The smallest absolute Gasteiger partial charge is 0.271 e. The fourth-order valence-corrected chi connectivity index (χ4v) is 2.47. The van der Waals surface area contributed by atoms with Crippen molar-refractivity contribution in [1.82, 2.24) is 4.37 Å². The molecule has 0 atom stereocenters. The van der Waals surface area contributed by atoms with Gasteiger partial charge in [0.15, 0.2) is 0 Å². The van der Waals surface area contributed by atoms with Crippen LogP contribution in [-0.4, -0.2) is 9.30 Å². The van der Waals surface area contributed by atoms with Gasteiger partial charge >= 0.3 is 0 Å². The molecule has 14 heavy (non-hydrogen) atoms. The molecule has 0 fully saturated rings.